The van der Waals surface area contributed by atoms with Crippen molar-refractivity contribution in [1.29, 1.82) is 0 Å². The third kappa shape index (κ3) is 5.43. The van der Waals surface area contributed by atoms with Crippen molar-refractivity contribution in [3.63, 3.8) is 0 Å². The van der Waals surface area contributed by atoms with E-state index in [2.05, 4.69) is 38.2 Å². The Bertz CT molecular complexity index is 384. The second kappa shape index (κ2) is 7.95. The summed E-state index contributed by atoms with van der Waals surface area (Å²) in [5, 5.41) is 12.0. The molecule has 106 valence electrons. The first-order valence-corrected chi connectivity index (χ1v) is 7.04. The van der Waals surface area contributed by atoms with Crippen LogP contribution in [-0.2, 0) is 17.6 Å². The van der Waals surface area contributed by atoms with Gasteiger partial charge in [-0.3, -0.25) is 4.79 Å². The summed E-state index contributed by atoms with van der Waals surface area (Å²) in [6, 6.07) is 8.20. The summed E-state index contributed by atoms with van der Waals surface area (Å²) >= 11 is 0. The van der Waals surface area contributed by atoms with Gasteiger partial charge >= 0.3 is 0 Å². The van der Waals surface area contributed by atoms with Crippen LogP contribution in [0.4, 0.5) is 0 Å². The second-order valence-electron chi connectivity index (χ2n) is 5.28. The molecule has 0 saturated heterocycles. The normalized spacial score (nSPS) is 12.5. The number of hydrogen-bond donors (Lipinski definition) is 2. The number of hydrogen-bond acceptors (Lipinski definition) is 2. The Balaban J connectivity index is 2.53. The van der Waals surface area contributed by atoms with Crippen LogP contribution in [0.15, 0.2) is 24.3 Å². The van der Waals surface area contributed by atoms with Crippen LogP contribution < -0.4 is 5.32 Å². The largest absolute Gasteiger partial charge is 0.396 e. The van der Waals surface area contributed by atoms with Crippen molar-refractivity contribution < 1.29 is 9.90 Å². The molecule has 0 aliphatic heterocycles. The van der Waals surface area contributed by atoms with Crippen molar-refractivity contribution in [2.45, 2.75) is 46.1 Å². The van der Waals surface area contributed by atoms with Gasteiger partial charge in [-0.05, 0) is 29.9 Å². The standard InChI is InChI=1S/C16H25NO2/c1-4-13-5-7-14(8-6-13)11-16(19)17-15(9-10-18)12(2)3/h5-8,12,15,18H,4,9-11H2,1-3H3,(H,17,19). The number of amides is 1. The Morgan fingerprint density at radius 2 is 1.79 bits per heavy atom. The maximum absolute atomic E-state index is 12.0. The lowest BCUT2D eigenvalue weighted by Crippen LogP contribution is -2.40. The molecule has 0 fully saturated rings. The average molecular weight is 263 g/mol. The highest BCUT2D eigenvalue weighted by atomic mass is 16.3. The molecule has 1 rings (SSSR count). The summed E-state index contributed by atoms with van der Waals surface area (Å²) in [7, 11) is 0. The summed E-state index contributed by atoms with van der Waals surface area (Å²) < 4.78 is 0. The predicted molar refractivity (Wildman–Crippen MR) is 78.0 cm³/mol. The van der Waals surface area contributed by atoms with Crippen LogP contribution in [0, 0.1) is 5.92 Å². The van der Waals surface area contributed by atoms with Crippen LogP contribution in [0.2, 0.25) is 0 Å². The quantitative estimate of drug-likeness (QED) is 0.793. The zero-order valence-electron chi connectivity index (χ0n) is 12.1. The number of carbonyl (C=O) groups is 1. The summed E-state index contributed by atoms with van der Waals surface area (Å²) in [4.78, 5) is 12.0. The topological polar surface area (TPSA) is 49.3 Å². The first-order valence-electron chi connectivity index (χ1n) is 7.04. The molecule has 0 aliphatic rings. The molecule has 0 heterocycles. The van der Waals surface area contributed by atoms with Crippen molar-refractivity contribution in [3.8, 4) is 0 Å². The van der Waals surface area contributed by atoms with Crippen LogP contribution >= 0.6 is 0 Å². The van der Waals surface area contributed by atoms with E-state index < -0.39 is 0 Å². The second-order valence-corrected chi connectivity index (χ2v) is 5.28. The van der Waals surface area contributed by atoms with E-state index in [-0.39, 0.29) is 18.6 Å². The smallest absolute Gasteiger partial charge is 0.224 e. The minimum absolute atomic E-state index is 0.0244. The number of aryl methyl sites for hydroxylation is 1. The SMILES string of the molecule is CCc1ccc(CC(=O)NC(CCO)C(C)C)cc1. The molecule has 1 amide bonds. The van der Waals surface area contributed by atoms with Gasteiger partial charge in [0.1, 0.15) is 0 Å². The van der Waals surface area contributed by atoms with Gasteiger partial charge in [0, 0.05) is 12.6 Å². The highest BCUT2D eigenvalue weighted by Gasteiger charge is 2.15. The van der Waals surface area contributed by atoms with Gasteiger partial charge in [0.25, 0.3) is 0 Å². The van der Waals surface area contributed by atoms with E-state index in [9.17, 15) is 4.79 Å². The summed E-state index contributed by atoms with van der Waals surface area (Å²) in [6.07, 6.45) is 2.02. The first kappa shape index (κ1) is 15.7. The van der Waals surface area contributed by atoms with E-state index >= 15 is 0 Å². The van der Waals surface area contributed by atoms with Gasteiger partial charge in [-0.15, -0.1) is 0 Å². The van der Waals surface area contributed by atoms with Crippen molar-refractivity contribution >= 4 is 5.91 Å². The van der Waals surface area contributed by atoms with Gasteiger partial charge in [0.2, 0.25) is 5.91 Å². The molecule has 0 spiro atoms. The third-order valence-electron chi connectivity index (χ3n) is 3.39. The van der Waals surface area contributed by atoms with Crippen LogP contribution in [0.3, 0.4) is 0 Å². The van der Waals surface area contributed by atoms with Gasteiger partial charge in [-0.1, -0.05) is 45.0 Å². The fourth-order valence-corrected chi connectivity index (χ4v) is 2.05. The van der Waals surface area contributed by atoms with Gasteiger partial charge in [-0.25, -0.2) is 0 Å². The lowest BCUT2D eigenvalue weighted by atomic mass is 10.0. The molecule has 0 saturated carbocycles. The molecule has 0 aliphatic carbocycles. The maximum atomic E-state index is 12.0. The van der Waals surface area contributed by atoms with Crippen molar-refractivity contribution in [1.82, 2.24) is 5.32 Å². The van der Waals surface area contributed by atoms with E-state index in [0.29, 0.717) is 18.8 Å². The Hall–Kier alpha value is -1.35. The highest BCUT2D eigenvalue weighted by molar-refractivity contribution is 5.78. The minimum atomic E-state index is 0.0244. The molecule has 2 N–H and O–H groups in total. The molecular formula is C16H25NO2. The molecule has 1 atom stereocenters. The lowest BCUT2D eigenvalue weighted by molar-refractivity contribution is -0.121. The third-order valence-corrected chi connectivity index (χ3v) is 3.39. The molecule has 0 aromatic heterocycles. The van der Waals surface area contributed by atoms with E-state index in [0.717, 1.165) is 12.0 Å². The van der Waals surface area contributed by atoms with Crippen molar-refractivity contribution in [2.75, 3.05) is 6.61 Å². The summed E-state index contributed by atoms with van der Waals surface area (Å²) in [6.45, 7) is 6.32. The molecule has 0 bridgehead atoms. The molecule has 1 aromatic carbocycles. The average Bonchev–Trinajstić information content (AvgIpc) is 2.39. The number of benzene rings is 1. The van der Waals surface area contributed by atoms with E-state index in [1.54, 1.807) is 0 Å². The van der Waals surface area contributed by atoms with Crippen LogP contribution in [0.5, 0.6) is 0 Å². The zero-order valence-corrected chi connectivity index (χ0v) is 12.1. The van der Waals surface area contributed by atoms with Gasteiger partial charge in [0.05, 0.1) is 6.42 Å². The van der Waals surface area contributed by atoms with Gasteiger partial charge < -0.3 is 10.4 Å². The molecule has 0 radical (unpaired) electrons. The highest BCUT2D eigenvalue weighted by Crippen LogP contribution is 2.08. The van der Waals surface area contributed by atoms with Crippen molar-refractivity contribution in [2.24, 2.45) is 5.92 Å². The lowest BCUT2D eigenvalue weighted by Gasteiger charge is -2.21. The zero-order chi connectivity index (χ0) is 14.3. The van der Waals surface area contributed by atoms with Crippen molar-refractivity contribution in [3.05, 3.63) is 35.4 Å². The molecule has 1 aromatic rings. The van der Waals surface area contributed by atoms with Crippen LogP contribution in [-0.4, -0.2) is 23.7 Å². The molecule has 19 heavy (non-hydrogen) atoms. The van der Waals surface area contributed by atoms with E-state index in [1.807, 2.05) is 12.1 Å². The molecule has 1 unspecified atom stereocenters. The van der Waals surface area contributed by atoms with Crippen LogP contribution in [0.25, 0.3) is 0 Å². The van der Waals surface area contributed by atoms with Crippen LogP contribution in [0.1, 0.15) is 38.3 Å². The number of carbonyl (C=O) groups excluding carboxylic acids is 1. The summed E-state index contributed by atoms with van der Waals surface area (Å²) in [5.74, 6) is 0.356. The molecular weight excluding hydrogens is 238 g/mol. The van der Waals surface area contributed by atoms with Gasteiger partial charge in [-0.2, -0.15) is 0 Å². The Kier molecular flexibility index (Phi) is 6.57. The molecule has 3 nitrogen and oxygen atoms in total. The number of nitrogens with one attached hydrogen (secondary N) is 1. The number of aliphatic hydroxyl groups is 1. The fourth-order valence-electron chi connectivity index (χ4n) is 2.05. The van der Waals surface area contributed by atoms with E-state index in [1.165, 1.54) is 5.56 Å². The Morgan fingerprint density at radius 3 is 2.26 bits per heavy atom. The first-order chi connectivity index (χ1) is 9.06. The number of aliphatic hydroxyl groups excluding tert-OH is 1. The summed E-state index contributed by atoms with van der Waals surface area (Å²) in [5.41, 5.74) is 2.31. The maximum Gasteiger partial charge on any atom is 0.224 e. The minimum Gasteiger partial charge on any atom is -0.396 e. The molecule has 3 heteroatoms. The van der Waals surface area contributed by atoms with Gasteiger partial charge in [0.15, 0.2) is 0 Å². The Morgan fingerprint density at radius 1 is 1.21 bits per heavy atom. The predicted octanol–water partition coefficient (Wildman–Crippen LogP) is 2.31. The fraction of sp³-hybridized carbons (Fsp3) is 0.562. The Labute approximate surface area is 116 Å². The number of rotatable bonds is 7. The monoisotopic (exact) mass is 263 g/mol. The van der Waals surface area contributed by atoms with E-state index in [4.69, 9.17) is 5.11 Å².